The highest BCUT2D eigenvalue weighted by molar-refractivity contribution is 5.47. The molecule has 0 bridgehead atoms. The van der Waals surface area contributed by atoms with E-state index in [1.807, 2.05) is 12.1 Å². The van der Waals surface area contributed by atoms with Crippen LogP contribution in [-0.2, 0) is 24.3 Å². The van der Waals surface area contributed by atoms with Gasteiger partial charge in [0.1, 0.15) is 17.9 Å². The number of nitrogens with zero attached hydrogens (tertiary/aromatic N) is 2. The summed E-state index contributed by atoms with van der Waals surface area (Å²) in [5, 5.41) is 3.39. The summed E-state index contributed by atoms with van der Waals surface area (Å²) in [4.78, 5) is 8.68. The summed E-state index contributed by atoms with van der Waals surface area (Å²) in [6, 6.07) is 8.18. The van der Waals surface area contributed by atoms with Crippen LogP contribution in [0, 0.1) is 5.92 Å². The molecule has 1 aromatic carbocycles. The molecule has 0 saturated heterocycles. The molecule has 1 aliphatic rings. The molecule has 1 aliphatic heterocycles. The predicted octanol–water partition coefficient (Wildman–Crippen LogP) is 3.20. The van der Waals surface area contributed by atoms with Crippen LogP contribution in [0.5, 0.6) is 5.75 Å². The van der Waals surface area contributed by atoms with E-state index in [0.717, 1.165) is 42.5 Å². The van der Waals surface area contributed by atoms with Gasteiger partial charge in [0.15, 0.2) is 0 Å². The maximum atomic E-state index is 5.70. The van der Waals surface area contributed by atoms with Crippen LogP contribution in [0.4, 0.5) is 5.82 Å². The number of benzene rings is 1. The van der Waals surface area contributed by atoms with E-state index in [1.165, 1.54) is 5.56 Å². The Kier molecular flexibility index (Phi) is 5.08. The first kappa shape index (κ1) is 15.7. The highest BCUT2D eigenvalue weighted by atomic mass is 16.5. The van der Waals surface area contributed by atoms with Crippen LogP contribution in [0.2, 0.25) is 0 Å². The largest absolute Gasteiger partial charge is 0.493 e. The summed E-state index contributed by atoms with van der Waals surface area (Å²) in [7, 11) is 0. The van der Waals surface area contributed by atoms with Gasteiger partial charge in [-0.1, -0.05) is 26.0 Å². The fourth-order valence-electron chi connectivity index (χ4n) is 2.46. The van der Waals surface area contributed by atoms with E-state index >= 15 is 0 Å². The second kappa shape index (κ2) is 7.42. The van der Waals surface area contributed by atoms with Gasteiger partial charge in [-0.05, 0) is 23.6 Å². The number of aromatic nitrogens is 2. The highest BCUT2D eigenvalue weighted by Crippen LogP contribution is 2.21. The van der Waals surface area contributed by atoms with Crippen molar-refractivity contribution in [3.63, 3.8) is 0 Å². The summed E-state index contributed by atoms with van der Waals surface area (Å²) in [6.07, 6.45) is 2.48. The third kappa shape index (κ3) is 4.20. The second-order valence-corrected chi connectivity index (χ2v) is 6.15. The van der Waals surface area contributed by atoms with Gasteiger partial charge < -0.3 is 14.8 Å². The van der Waals surface area contributed by atoms with Crippen molar-refractivity contribution in [3.05, 3.63) is 47.4 Å². The molecule has 0 aliphatic carbocycles. The summed E-state index contributed by atoms with van der Waals surface area (Å²) in [5.41, 5.74) is 3.35. The summed E-state index contributed by atoms with van der Waals surface area (Å²) >= 11 is 0. The van der Waals surface area contributed by atoms with Gasteiger partial charge in [0.05, 0.1) is 25.5 Å². The van der Waals surface area contributed by atoms with E-state index in [1.54, 1.807) is 6.33 Å². The Morgan fingerprint density at radius 3 is 2.83 bits per heavy atom. The SMILES string of the molecule is CC(C)COc1ccc(CNc2ncnc3c2COCC3)cc1. The molecule has 0 unspecified atom stereocenters. The van der Waals surface area contributed by atoms with Gasteiger partial charge in [-0.2, -0.15) is 0 Å². The normalized spacial score (nSPS) is 13.7. The maximum Gasteiger partial charge on any atom is 0.135 e. The van der Waals surface area contributed by atoms with Gasteiger partial charge in [-0.15, -0.1) is 0 Å². The second-order valence-electron chi connectivity index (χ2n) is 6.15. The first-order valence-corrected chi connectivity index (χ1v) is 8.08. The zero-order chi connectivity index (χ0) is 16.1. The molecule has 0 amide bonds. The zero-order valence-corrected chi connectivity index (χ0v) is 13.7. The van der Waals surface area contributed by atoms with Crippen LogP contribution in [0.3, 0.4) is 0 Å². The van der Waals surface area contributed by atoms with Crippen molar-refractivity contribution >= 4 is 5.82 Å². The van der Waals surface area contributed by atoms with Gasteiger partial charge in [-0.25, -0.2) is 9.97 Å². The van der Waals surface area contributed by atoms with E-state index in [0.29, 0.717) is 19.1 Å². The molecule has 0 saturated carbocycles. The molecule has 0 radical (unpaired) electrons. The number of anilines is 1. The number of rotatable bonds is 6. The lowest BCUT2D eigenvalue weighted by Gasteiger charge is -2.18. The van der Waals surface area contributed by atoms with Crippen molar-refractivity contribution in [2.75, 3.05) is 18.5 Å². The molecule has 3 rings (SSSR count). The Bertz CT molecular complexity index is 641. The molecule has 5 heteroatoms. The lowest BCUT2D eigenvalue weighted by atomic mass is 10.1. The first-order chi connectivity index (χ1) is 11.2. The Morgan fingerprint density at radius 1 is 1.22 bits per heavy atom. The predicted molar refractivity (Wildman–Crippen MR) is 89.5 cm³/mol. The van der Waals surface area contributed by atoms with Crippen LogP contribution in [0.25, 0.3) is 0 Å². The first-order valence-electron chi connectivity index (χ1n) is 8.08. The smallest absolute Gasteiger partial charge is 0.135 e. The van der Waals surface area contributed by atoms with Crippen molar-refractivity contribution in [3.8, 4) is 5.75 Å². The Morgan fingerprint density at radius 2 is 2.04 bits per heavy atom. The number of ether oxygens (including phenoxy) is 2. The van der Waals surface area contributed by atoms with Crippen molar-refractivity contribution < 1.29 is 9.47 Å². The minimum atomic E-state index is 0.530. The summed E-state index contributed by atoms with van der Waals surface area (Å²) in [6.45, 7) is 7.06. The van der Waals surface area contributed by atoms with E-state index in [9.17, 15) is 0 Å². The van der Waals surface area contributed by atoms with Crippen LogP contribution in [0.15, 0.2) is 30.6 Å². The molecule has 122 valence electrons. The van der Waals surface area contributed by atoms with Gasteiger partial charge in [0, 0.05) is 18.5 Å². The van der Waals surface area contributed by atoms with Crippen LogP contribution in [-0.4, -0.2) is 23.2 Å². The van der Waals surface area contributed by atoms with E-state index < -0.39 is 0 Å². The van der Waals surface area contributed by atoms with Gasteiger partial charge >= 0.3 is 0 Å². The third-order valence-corrected chi connectivity index (χ3v) is 3.73. The fraction of sp³-hybridized carbons (Fsp3) is 0.444. The van der Waals surface area contributed by atoms with Crippen molar-refractivity contribution in [2.45, 2.75) is 33.4 Å². The Labute approximate surface area is 137 Å². The molecule has 2 aromatic rings. The average molecular weight is 313 g/mol. The topological polar surface area (TPSA) is 56.3 Å². The van der Waals surface area contributed by atoms with Crippen LogP contribution < -0.4 is 10.1 Å². The molecule has 0 atom stereocenters. The average Bonchev–Trinajstić information content (AvgIpc) is 2.59. The summed E-state index contributed by atoms with van der Waals surface area (Å²) < 4.78 is 11.2. The van der Waals surface area contributed by atoms with Gasteiger partial charge in [0.2, 0.25) is 0 Å². The zero-order valence-electron chi connectivity index (χ0n) is 13.7. The lowest BCUT2D eigenvalue weighted by molar-refractivity contribution is 0.109. The molecular formula is C18H23N3O2. The summed E-state index contributed by atoms with van der Waals surface area (Å²) in [5.74, 6) is 2.31. The number of nitrogens with one attached hydrogen (secondary N) is 1. The fourth-order valence-corrected chi connectivity index (χ4v) is 2.46. The van der Waals surface area contributed by atoms with Crippen LogP contribution >= 0.6 is 0 Å². The monoisotopic (exact) mass is 313 g/mol. The number of hydrogen-bond acceptors (Lipinski definition) is 5. The number of fused-ring (bicyclic) bond motifs is 1. The van der Waals surface area contributed by atoms with Gasteiger partial charge in [0.25, 0.3) is 0 Å². The maximum absolute atomic E-state index is 5.70. The quantitative estimate of drug-likeness (QED) is 0.887. The molecule has 5 nitrogen and oxygen atoms in total. The van der Waals surface area contributed by atoms with E-state index in [4.69, 9.17) is 9.47 Å². The minimum Gasteiger partial charge on any atom is -0.493 e. The van der Waals surface area contributed by atoms with Crippen molar-refractivity contribution in [1.82, 2.24) is 9.97 Å². The molecule has 2 heterocycles. The van der Waals surface area contributed by atoms with E-state index in [-0.39, 0.29) is 0 Å². The highest BCUT2D eigenvalue weighted by Gasteiger charge is 2.15. The van der Waals surface area contributed by atoms with E-state index in [2.05, 4.69) is 41.3 Å². The standard InChI is InChI=1S/C18H23N3O2/c1-13(2)10-23-15-5-3-14(4-6-15)9-19-18-16-11-22-8-7-17(16)20-12-21-18/h3-6,12-13H,7-11H2,1-2H3,(H,19,20,21). The third-order valence-electron chi connectivity index (χ3n) is 3.73. The Balaban J connectivity index is 1.60. The molecular weight excluding hydrogens is 290 g/mol. The Hall–Kier alpha value is -2.14. The molecule has 1 N–H and O–H groups in total. The van der Waals surface area contributed by atoms with Gasteiger partial charge in [-0.3, -0.25) is 0 Å². The molecule has 0 fully saturated rings. The van der Waals surface area contributed by atoms with Crippen LogP contribution in [0.1, 0.15) is 30.7 Å². The molecule has 0 spiro atoms. The molecule has 23 heavy (non-hydrogen) atoms. The lowest BCUT2D eigenvalue weighted by Crippen LogP contribution is -2.15. The van der Waals surface area contributed by atoms with Crippen molar-refractivity contribution in [2.24, 2.45) is 5.92 Å². The molecule has 1 aromatic heterocycles. The number of hydrogen-bond donors (Lipinski definition) is 1. The van der Waals surface area contributed by atoms with Crippen molar-refractivity contribution in [1.29, 1.82) is 0 Å². The minimum absolute atomic E-state index is 0.530.